The number of piperidine rings is 1. The molecule has 0 saturated carbocycles. The van der Waals surface area contributed by atoms with Crippen molar-refractivity contribution in [2.75, 3.05) is 50.6 Å². The molecule has 2 fully saturated rings. The van der Waals surface area contributed by atoms with E-state index in [4.69, 9.17) is 4.98 Å². The molecule has 0 amide bonds. The van der Waals surface area contributed by atoms with Crippen LogP contribution in [0.1, 0.15) is 29.7 Å². The molecule has 0 radical (unpaired) electrons. The minimum absolute atomic E-state index is 0.103. The number of rotatable bonds is 8. The van der Waals surface area contributed by atoms with Crippen molar-refractivity contribution in [2.24, 2.45) is 0 Å². The third-order valence-corrected chi connectivity index (χ3v) is 14.6. The zero-order valence-corrected chi connectivity index (χ0v) is 30.2. The number of benzene rings is 2. The zero-order chi connectivity index (χ0) is 34.3. The minimum Gasteiger partial charge on any atom is -0.324 e. The fourth-order valence-electron chi connectivity index (χ4n) is 6.31. The summed E-state index contributed by atoms with van der Waals surface area (Å²) in [5.41, 5.74) is 4.59. The Morgan fingerprint density at radius 1 is 0.939 bits per heavy atom. The Bertz CT molecular complexity index is 2250. The van der Waals surface area contributed by atoms with E-state index in [0.717, 1.165) is 35.9 Å². The van der Waals surface area contributed by atoms with Crippen molar-refractivity contribution in [2.45, 2.75) is 33.2 Å². The van der Waals surface area contributed by atoms with E-state index in [9.17, 15) is 21.6 Å². The third kappa shape index (κ3) is 7.03. The first-order valence-electron chi connectivity index (χ1n) is 15.8. The molecule has 1 atom stereocenters. The number of sulfonamides is 1. The molecule has 0 aliphatic carbocycles. The Labute approximate surface area is 293 Å². The van der Waals surface area contributed by atoms with E-state index >= 15 is 0 Å². The second-order valence-electron chi connectivity index (χ2n) is 12.3. The first-order valence-corrected chi connectivity index (χ1v) is 21.0. The number of thioether (sulfide) groups is 1. The molecular weight excluding hydrogens is 703 g/mol. The topological polar surface area (TPSA) is 147 Å². The summed E-state index contributed by atoms with van der Waals surface area (Å²) in [6.45, 7) is 2.66. The smallest absolute Gasteiger partial charge is 0.260 e. The number of aromatic nitrogens is 4. The Morgan fingerprint density at radius 2 is 1.67 bits per heavy atom. The van der Waals surface area contributed by atoms with E-state index in [2.05, 4.69) is 39.4 Å². The van der Waals surface area contributed by atoms with E-state index in [1.807, 2.05) is 23.9 Å². The molecule has 49 heavy (non-hydrogen) atoms. The Morgan fingerprint density at radius 3 is 2.33 bits per heavy atom. The number of fused-ring (bicyclic) bond motifs is 1. The highest BCUT2D eigenvalue weighted by molar-refractivity contribution is 7.99. The molecule has 2 aromatic carbocycles. The summed E-state index contributed by atoms with van der Waals surface area (Å²) in [6, 6.07) is 15.9. The molecule has 256 valence electrons. The van der Waals surface area contributed by atoms with Crippen LogP contribution in [0.15, 0.2) is 86.4 Å². The summed E-state index contributed by atoms with van der Waals surface area (Å²) < 4.78 is 53.8. The van der Waals surface area contributed by atoms with Crippen molar-refractivity contribution < 1.29 is 16.8 Å². The fraction of sp³-hybridized carbons (Fsp3) is 0.333. The van der Waals surface area contributed by atoms with Gasteiger partial charge in [-0.3, -0.25) is 14.3 Å². The van der Waals surface area contributed by atoms with Crippen molar-refractivity contribution >= 4 is 65.6 Å². The lowest BCUT2D eigenvalue weighted by molar-refractivity contribution is 0.275. The standard InChI is InChI=1S/C33H35N7O5S4/c1-38-15-16-46-29(20-38)23-3-7-25(8-4-23)36-33-35-18-24-17-28(22-5-9-27(10-6-22)49(44,45)30-19-34-21-47-30)32(41)40(31(24)37-33)26-11-13-39(14-12-26)48(2,42)43/h3-10,17-19,21,26,29H,11-16,20H2,1-2H3,(H,35,36,37). The van der Waals surface area contributed by atoms with Crippen LogP contribution >= 0.6 is 23.1 Å². The van der Waals surface area contributed by atoms with Crippen LogP contribution < -0.4 is 10.9 Å². The van der Waals surface area contributed by atoms with Crippen LogP contribution in [-0.2, 0) is 19.9 Å². The quantitative estimate of drug-likeness (QED) is 0.234. The van der Waals surface area contributed by atoms with Gasteiger partial charge in [0.25, 0.3) is 5.56 Å². The summed E-state index contributed by atoms with van der Waals surface area (Å²) in [7, 11) is -4.96. The minimum atomic E-state index is -3.73. The molecule has 12 nitrogen and oxygen atoms in total. The predicted octanol–water partition coefficient (Wildman–Crippen LogP) is 4.81. The van der Waals surface area contributed by atoms with Crippen LogP contribution in [0.2, 0.25) is 0 Å². The maximum atomic E-state index is 14.3. The summed E-state index contributed by atoms with van der Waals surface area (Å²) in [6.07, 6.45) is 5.04. The van der Waals surface area contributed by atoms with Crippen molar-refractivity contribution in [3.8, 4) is 11.1 Å². The second kappa shape index (κ2) is 13.6. The largest absolute Gasteiger partial charge is 0.324 e. The van der Waals surface area contributed by atoms with Gasteiger partial charge in [0.1, 0.15) is 9.86 Å². The average molecular weight is 738 g/mol. The number of likely N-dealkylation sites (N-methyl/N-ethyl adjacent to an activating group) is 1. The number of hydrogen-bond acceptors (Lipinski definition) is 12. The zero-order valence-electron chi connectivity index (χ0n) is 26.9. The summed E-state index contributed by atoms with van der Waals surface area (Å²) in [4.78, 5) is 30.1. The van der Waals surface area contributed by atoms with Crippen molar-refractivity contribution in [3.63, 3.8) is 0 Å². The molecule has 7 rings (SSSR count). The highest BCUT2D eigenvalue weighted by atomic mass is 32.2. The lowest BCUT2D eigenvalue weighted by Gasteiger charge is -2.32. The van der Waals surface area contributed by atoms with Crippen LogP contribution in [0.3, 0.4) is 0 Å². The monoisotopic (exact) mass is 737 g/mol. The summed E-state index contributed by atoms with van der Waals surface area (Å²) >= 11 is 3.01. The average Bonchev–Trinajstić information content (AvgIpc) is 3.65. The van der Waals surface area contributed by atoms with E-state index in [1.165, 1.54) is 40.0 Å². The van der Waals surface area contributed by atoms with Crippen molar-refractivity contribution in [3.05, 3.63) is 88.4 Å². The second-order valence-corrected chi connectivity index (χ2v) is 18.7. The molecule has 0 bridgehead atoms. The Balaban J connectivity index is 1.24. The lowest BCUT2D eigenvalue weighted by atomic mass is 10.0. The first-order chi connectivity index (χ1) is 23.5. The summed E-state index contributed by atoms with van der Waals surface area (Å²) in [5.74, 6) is 1.43. The maximum Gasteiger partial charge on any atom is 0.260 e. The fourth-order valence-corrected chi connectivity index (χ4v) is 10.8. The lowest BCUT2D eigenvalue weighted by Crippen LogP contribution is -2.40. The van der Waals surface area contributed by atoms with Crippen LogP contribution in [0.25, 0.3) is 22.2 Å². The maximum absolute atomic E-state index is 14.3. The van der Waals surface area contributed by atoms with Crippen molar-refractivity contribution in [1.82, 2.24) is 28.7 Å². The molecule has 2 saturated heterocycles. The molecular formula is C33H35N7O5S4. The number of nitrogens with one attached hydrogen (secondary N) is 1. The highest BCUT2D eigenvalue weighted by Gasteiger charge is 2.29. The number of anilines is 2. The first kappa shape index (κ1) is 33.8. The molecule has 0 spiro atoms. The van der Waals surface area contributed by atoms with Gasteiger partial charge in [0.05, 0.1) is 22.9 Å². The SMILES string of the molecule is CN1CCSC(c2ccc(Nc3ncc4cc(-c5ccc(S(=O)(=O)c6cncs6)cc5)c(=O)n(C5CCN(S(C)(=O)=O)CC5)c4n3)cc2)C1. The van der Waals surface area contributed by atoms with Crippen molar-refractivity contribution in [1.29, 1.82) is 0 Å². The van der Waals surface area contributed by atoms with Gasteiger partial charge in [-0.15, -0.1) is 11.3 Å². The molecule has 1 unspecified atom stereocenters. The van der Waals surface area contributed by atoms with Gasteiger partial charge in [0, 0.05) is 66.1 Å². The van der Waals surface area contributed by atoms with Gasteiger partial charge in [-0.25, -0.2) is 26.1 Å². The van der Waals surface area contributed by atoms with Gasteiger partial charge in [-0.2, -0.15) is 16.7 Å². The predicted molar refractivity (Wildman–Crippen MR) is 194 cm³/mol. The van der Waals surface area contributed by atoms with E-state index in [-0.39, 0.29) is 33.8 Å². The molecule has 5 heterocycles. The van der Waals surface area contributed by atoms with Gasteiger partial charge in [-0.05, 0) is 61.3 Å². The number of sulfone groups is 1. The molecule has 2 aliphatic heterocycles. The Kier molecular flexibility index (Phi) is 9.36. The number of hydrogen-bond donors (Lipinski definition) is 1. The van der Waals surface area contributed by atoms with Gasteiger partial charge in [-0.1, -0.05) is 24.3 Å². The molecule has 5 aromatic rings. The van der Waals surface area contributed by atoms with Gasteiger partial charge >= 0.3 is 0 Å². The number of thiazole rings is 1. The number of nitrogens with zero attached hydrogens (tertiary/aromatic N) is 6. The van der Waals surface area contributed by atoms with Gasteiger partial charge < -0.3 is 10.2 Å². The summed E-state index contributed by atoms with van der Waals surface area (Å²) in [5, 5.41) is 4.33. The van der Waals surface area contributed by atoms with E-state index < -0.39 is 19.9 Å². The third-order valence-electron chi connectivity index (χ3n) is 8.99. The number of pyridine rings is 1. The van der Waals surface area contributed by atoms with Crippen LogP contribution in [0, 0.1) is 0 Å². The molecule has 1 N–H and O–H groups in total. The van der Waals surface area contributed by atoms with Crippen LogP contribution in [0.4, 0.5) is 11.6 Å². The molecule has 2 aliphatic rings. The molecule has 16 heteroatoms. The van der Waals surface area contributed by atoms with E-state index in [0.29, 0.717) is 46.2 Å². The molecule has 3 aromatic heterocycles. The van der Waals surface area contributed by atoms with Crippen LogP contribution in [-0.4, -0.2) is 90.8 Å². The highest BCUT2D eigenvalue weighted by Crippen LogP contribution is 2.34. The van der Waals surface area contributed by atoms with Gasteiger partial charge in [0.2, 0.25) is 25.8 Å². The van der Waals surface area contributed by atoms with Gasteiger partial charge in [0.15, 0.2) is 0 Å². The normalized spacial score (nSPS) is 18.5. The Hall–Kier alpha value is -3.67. The van der Waals surface area contributed by atoms with E-state index in [1.54, 1.807) is 29.0 Å². The van der Waals surface area contributed by atoms with Crippen LogP contribution in [0.5, 0.6) is 0 Å².